The number of hydrogen-bond acceptors (Lipinski definition) is 8. The van der Waals surface area contributed by atoms with Crippen molar-refractivity contribution < 1.29 is 4.79 Å². The average Bonchev–Trinajstić information content (AvgIpc) is 2.67. The van der Waals surface area contributed by atoms with Crippen LogP contribution in [-0.4, -0.2) is 61.6 Å². The predicted molar refractivity (Wildman–Crippen MR) is 72.5 cm³/mol. The maximum Gasteiger partial charge on any atom is 0.269 e. The SMILES string of the molecule is CN(C)c1nc(N(C)C)nc(N2CC(=O)N=C2N)n1. The van der Waals surface area contributed by atoms with Crippen LogP contribution in [0, 0.1) is 0 Å². The van der Waals surface area contributed by atoms with E-state index < -0.39 is 0 Å². The van der Waals surface area contributed by atoms with Gasteiger partial charge in [0, 0.05) is 28.2 Å². The number of nitrogens with zero attached hydrogens (tertiary/aromatic N) is 7. The minimum absolute atomic E-state index is 0.0512. The van der Waals surface area contributed by atoms with E-state index in [1.807, 2.05) is 28.2 Å². The molecule has 0 fully saturated rings. The van der Waals surface area contributed by atoms with E-state index in [2.05, 4.69) is 19.9 Å². The average molecular weight is 264 g/mol. The van der Waals surface area contributed by atoms with E-state index in [0.717, 1.165) is 0 Å². The number of aliphatic imine (C=N–C) groups is 1. The molecule has 2 heterocycles. The lowest BCUT2D eigenvalue weighted by Gasteiger charge is -2.20. The van der Waals surface area contributed by atoms with Crippen molar-refractivity contribution in [3.63, 3.8) is 0 Å². The Hall–Kier alpha value is -2.45. The van der Waals surface area contributed by atoms with Crippen LogP contribution in [0.1, 0.15) is 0 Å². The Morgan fingerprint density at radius 2 is 1.58 bits per heavy atom. The Morgan fingerprint density at radius 1 is 1.05 bits per heavy atom. The molecule has 0 atom stereocenters. The molecule has 0 radical (unpaired) electrons. The van der Waals surface area contributed by atoms with E-state index in [4.69, 9.17) is 5.73 Å². The lowest BCUT2D eigenvalue weighted by Crippen LogP contribution is -2.36. The van der Waals surface area contributed by atoms with Crippen molar-refractivity contribution in [2.45, 2.75) is 0 Å². The van der Waals surface area contributed by atoms with E-state index in [-0.39, 0.29) is 18.4 Å². The van der Waals surface area contributed by atoms with Crippen LogP contribution in [0.15, 0.2) is 4.99 Å². The summed E-state index contributed by atoms with van der Waals surface area (Å²) < 4.78 is 0. The molecule has 1 aromatic heterocycles. The van der Waals surface area contributed by atoms with Gasteiger partial charge in [-0.2, -0.15) is 19.9 Å². The van der Waals surface area contributed by atoms with Crippen LogP contribution >= 0.6 is 0 Å². The molecule has 0 saturated carbocycles. The molecule has 0 aliphatic carbocycles. The molecule has 1 amide bonds. The van der Waals surface area contributed by atoms with Crippen LogP contribution in [0.4, 0.5) is 17.8 Å². The molecule has 0 aromatic carbocycles. The summed E-state index contributed by atoms with van der Waals surface area (Å²) in [5, 5.41) is 0. The van der Waals surface area contributed by atoms with Gasteiger partial charge in [-0.05, 0) is 0 Å². The molecule has 1 aromatic rings. The van der Waals surface area contributed by atoms with Crippen molar-refractivity contribution in [3.8, 4) is 0 Å². The number of carbonyl (C=O) groups excluding carboxylic acids is 1. The predicted octanol–water partition coefficient (Wildman–Crippen LogP) is -1.34. The summed E-state index contributed by atoms with van der Waals surface area (Å²) in [4.78, 5) is 32.7. The van der Waals surface area contributed by atoms with Gasteiger partial charge in [-0.25, -0.2) is 0 Å². The monoisotopic (exact) mass is 264 g/mol. The number of carbonyl (C=O) groups is 1. The summed E-state index contributed by atoms with van der Waals surface area (Å²) in [5.74, 6) is 1.08. The van der Waals surface area contributed by atoms with Gasteiger partial charge in [0.15, 0.2) is 0 Å². The molecule has 2 rings (SSSR count). The molecule has 2 N–H and O–H groups in total. The Balaban J connectivity index is 2.45. The summed E-state index contributed by atoms with van der Waals surface area (Å²) in [6.45, 7) is 0.0512. The molecule has 0 saturated heterocycles. The van der Waals surface area contributed by atoms with Crippen molar-refractivity contribution >= 4 is 29.7 Å². The smallest absolute Gasteiger partial charge is 0.269 e. The molecule has 9 nitrogen and oxygen atoms in total. The quantitative estimate of drug-likeness (QED) is 0.715. The van der Waals surface area contributed by atoms with Crippen LogP contribution in [0.25, 0.3) is 0 Å². The first-order valence-corrected chi connectivity index (χ1v) is 5.63. The molecule has 102 valence electrons. The molecule has 1 aliphatic heterocycles. The highest BCUT2D eigenvalue weighted by molar-refractivity contribution is 6.09. The van der Waals surface area contributed by atoms with E-state index in [1.165, 1.54) is 4.90 Å². The van der Waals surface area contributed by atoms with Crippen LogP contribution in [-0.2, 0) is 4.79 Å². The number of anilines is 3. The van der Waals surface area contributed by atoms with Gasteiger partial charge < -0.3 is 15.5 Å². The Kier molecular flexibility index (Phi) is 3.19. The lowest BCUT2D eigenvalue weighted by molar-refractivity contribution is -0.115. The van der Waals surface area contributed by atoms with Gasteiger partial charge in [0.25, 0.3) is 5.91 Å². The van der Waals surface area contributed by atoms with Crippen LogP contribution in [0.2, 0.25) is 0 Å². The number of hydrogen-bond donors (Lipinski definition) is 1. The Morgan fingerprint density at radius 3 is 1.95 bits per heavy atom. The standard InChI is InChI=1S/C10H16N8O/c1-16(2)8-13-9(17(3)4)15-10(14-8)18-5-6(19)12-7(18)11/h5H2,1-4H3,(H2,11,12,19). The molecule has 1 aliphatic rings. The fourth-order valence-corrected chi connectivity index (χ4v) is 1.48. The van der Waals surface area contributed by atoms with Crippen molar-refractivity contribution in [2.24, 2.45) is 10.7 Å². The first-order chi connectivity index (χ1) is 8.88. The molecule has 0 unspecified atom stereocenters. The molecule has 9 heteroatoms. The zero-order chi connectivity index (χ0) is 14.2. The third-order valence-corrected chi connectivity index (χ3v) is 2.45. The largest absolute Gasteiger partial charge is 0.369 e. The van der Waals surface area contributed by atoms with Gasteiger partial charge in [0.2, 0.25) is 23.8 Å². The maximum absolute atomic E-state index is 11.3. The highest BCUT2D eigenvalue weighted by Gasteiger charge is 2.26. The van der Waals surface area contributed by atoms with Gasteiger partial charge >= 0.3 is 0 Å². The fraction of sp³-hybridized carbons (Fsp3) is 0.500. The van der Waals surface area contributed by atoms with E-state index >= 15 is 0 Å². The van der Waals surface area contributed by atoms with Crippen molar-refractivity contribution in [1.29, 1.82) is 0 Å². The minimum atomic E-state index is -0.310. The van der Waals surface area contributed by atoms with E-state index in [0.29, 0.717) is 17.8 Å². The zero-order valence-corrected chi connectivity index (χ0v) is 11.3. The summed E-state index contributed by atoms with van der Waals surface area (Å²) >= 11 is 0. The molecule has 19 heavy (non-hydrogen) atoms. The number of rotatable bonds is 3. The second kappa shape index (κ2) is 4.67. The topological polar surface area (TPSA) is 104 Å². The van der Waals surface area contributed by atoms with Crippen LogP contribution in [0.5, 0.6) is 0 Å². The van der Waals surface area contributed by atoms with Crippen LogP contribution in [0.3, 0.4) is 0 Å². The van der Waals surface area contributed by atoms with Crippen LogP contribution < -0.4 is 20.4 Å². The normalized spacial score (nSPS) is 14.6. The first-order valence-electron chi connectivity index (χ1n) is 5.63. The van der Waals surface area contributed by atoms with Gasteiger partial charge in [0.05, 0.1) is 0 Å². The molecule has 0 spiro atoms. The van der Waals surface area contributed by atoms with E-state index in [9.17, 15) is 4.79 Å². The van der Waals surface area contributed by atoms with Crippen molar-refractivity contribution in [3.05, 3.63) is 0 Å². The number of aromatic nitrogens is 3. The van der Waals surface area contributed by atoms with Crippen molar-refractivity contribution in [1.82, 2.24) is 15.0 Å². The fourth-order valence-electron chi connectivity index (χ4n) is 1.48. The Labute approximate surface area is 110 Å². The molecular formula is C10H16N8O. The van der Waals surface area contributed by atoms with Gasteiger partial charge in [-0.3, -0.25) is 9.69 Å². The summed E-state index contributed by atoms with van der Waals surface area (Å²) in [5.41, 5.74) is 5.68. The number of amides is 1. The lowest BCUT2D eigenvalue weighted by atomic mass is 10.6. The highest BCUT2D eigenvalue weighted by Crippen LogP contribution is 2.18. The zero-order valence-electron chi connectivity index (χ0n) is 11.3. The van der Waals surface area contributed by atoms with Gasteiger partial charge in [0.1, 0.15) is 6.54 Å². The highest BCUT2D eigenvalue weighted by atomic mass is 16.2. The summed E-state index contributed by atoms with van der Waals surface area (Å²) in [7, 11) is 7.30. The van der Waals surface area contributed by atoms with E-state index in [1.54, 1.807) is 9.80 Å². The van der Waals surface area contributed by atoms with Gasteiger partial charge in [-0.15, -0.1) is 0 Å². The second-order valence-corrected chi connectivity index (χ2v) is 4.47. The third kappa shape index (κ3) is 2.54. The minimum Gasteiger partial charge on any atom is -0.369 e. The second-order valence-electron chi connectivity index (χ2n) is 4.47. The summed E-state index contributed by atoms with van der Waals surface area (Å²) in [6, 6.07) is 0. The maximum atomic E-state index is 11.3. The first kappa shape index (κ1) is 13.0. The van der Waals surface area contributed by atoms with Gasteiger partial charge in [-0.1, -0.05) is 0 Å². The molecular weight excluding hydrogens is 248 g/mol. The summed E-state index contributed by atoms with van der Waals surface area (Å²) in [6.07, 6.45) is 0. The third-order valence-electron chi connectivity index (χ3n) is 2.45. The van der Waals surface area contributed by atoms with Crippen molar-refractivity contribution in [2.75, 3.05) is 49.4 Å². The Bertz CT molecular complexity index is 512. The number of nitrogens with two attached hydrogens (primary N) is 1. The molecule has 0 bridgehead atoms. The number of guanidine groups is 1.